The summed E-state index contributed by atoms with van der Waals surface area (Å²) in [6.07, 6.45) is 4.61. The number of hydrogen-bond acceptors (Lipinski definition) is 2. The number of benzene rings is 2. The molecule has 0 unspecified atom stereocenters. The van der Waals surface area contributed by atoms with Crippen LogP contribution in [0, 0.1) is 27.7 Å². The lowest BCUT2D eigenvalue weighted by Crippen LogP contribution is -2.08. The Morgan fingerprint density at radius 2 is 1.46 bits per heavy atom. The lowest BCUT2D eigenvalue weighted by atomic mass is 10.0. The van der Waals surface area contributed by atoms with Crippen LogP contribution in [0.5, 0.6) is 5.75 Å². The van der Waals surface area contributed by atoms with E-state index in [1.165, 1.54) is 40.7 Å². The number of ether oxygens (including phenoxy) is 1. The van der Waals surface area contributed by atoms with E-state index in [0.717, 1.165) is 23.9 Å². The Morgan fingerprint density at radius 1 is 0.885 bits per heavy atom. The monoisotopic (exact) mass is 372 g/mol. The van der Waals surface area contributed by atoms with Crippen molar-refractivity contribution < 1.29 is 9.30 Å². The van der Waals surface area contributed by atoms with Gasteiger partial charge in [-0.2, -0.15) is 0 Å². The molecule has 0 radical (unpaired) electrons. The van der Waals surface area contributed by atoms with E-state index in [-0.39, 0.29) is 8.46 Å². The fourth-order valence-corrected chi connectivity index (χ4v) is 3.57. The summed E-state index contributed by atoms with van der Waals surface area (Å²) in [6, 6.07) is 10.5. The number of hydrogen-bond donors (Lipinski definition) is 0. The summed E-state index contributed by atoms with van der Waals surface area (Å²) in [6.45, 7) is 13.2. The van der Waals surface area contributed by atoms with Crippen molar-refractivity contribution in [3.8, 4) is 5.75 Å². The number of rotatable bonds is 7. The fourth-order valence-electron chi connectivity index (χ4n) is 3.16. The fraction of sp³-hybridized carbons (Fsp3) is 0.478. The number of aryl methyl sites for hydroxylation is 4. The van der Waals surface area contributed by atoms with Gasteiger partial charge in [0.25, 0.3) is 0 Å². The van der Waals surface area contributed by atoms with Crippen LogP contribution >= 0.6 is 8.46 Å². The predicted molar refractivity (Wildman–Crippen MR) is 113 cm³/mol. The molecule has 0 N–H and O–H groups in total. The first-order chi connectivity index (χ1) is 12.4. The van der Waals surface area contributed by atoms with E-state index in [2.05, 4.69) is 52.8 Å². The Balaban J connectivity index is 0.000000314. The Labute approximate surface area is 161 Å². The molecule has 0 aromatic heterocycles. The van der Waals surface area contributed by atoms with E-state index in [1.54, 1.807) is 0 Å². The van der Waals surface area contributed by atoms with E-state index >= 15 is 0 Å². The second-order valence-corrected chi connectivity index (χ2v) is 7.52. The molecule has 0 bridgehead atoms. The molecule has 0 amide bonds. The molecule has 0 atom stereocenters. The molecular formula is C23H33O2P. The highest BCUT2D eigenvalue weighted by Gasteiger charge is 2.12. The van der Waals surface area contributed by atoms with Crippen molar-refractivity contribution in [2.75, 3.05) is 6.61 Å². The van der Waals surface area contributed by atoms with Gasteiger partial charge in [0.05, 0.1) is 11.9 Å². The first kappa shape index (κ1) is 22.4. The summed E-state index contributed by atoms with van der Waals surface area (Å²) < 4.78 is 16.8. The molecule has 0 saturated carbocycles. The summed E-state index contributed by atoms with van der Waals surface area (Å²) in [4.78, 5) is 0. The molecule has 2 rings (SSSR count). The van der Waals surface area contributed by atoms with Crippen LogP contribution in [0.2, 0.25) is 0 Å². The summed E-state index contributed by atoms with van der Waals surface area (Å²) in [5.74, 6) is 0.834. The van der Waals surface area contributed by atoms with E-state index < -0.39 is 0 Å². The van der Waals surface area contributed by atoms with E-state index in [4.69, 9.17) is 4.74 Å². The summed E-state index contributed by atoms with van der Waals surface area (Å²) in [5, 5.41) is 0.768. The normalized spacial score (nSPS) is 10.4. The van der Waals surface area contributed by atoms with Gasteiger partial charge < -0.3 is 4.74 Å². The maximum Gasteiger partial charge on any atom is 0.196 e. The quantitative estimate of drug-likeness (QED) is 0.401. The lowest BCUT2D eigenvalue weighted by molar-refractivity contribution is 0.338. The third-order valence-corrected chi connectivity index (χ3v) is 4.81. The second kappa shape index (κ2) is 11.9. The van der Waals surface area contributed by atoms with Gasteiger partial charge in [-0.05, 0) is 64.7 Å². The van der Waals surface area contributed by atoms with Gasteiger partial charge in [-0.1, -0.05) is 60.7 Å². The lowest BCUT2D eigenvalue weighted by Gasteiger charge is -2.14. The van der Waals surface area contributed by atoms with Gasteiger partial charge in [-0.3, -0.25) is 4.57 Å². The van der Waals surface area contributed by atoms with Gasteiger partial charge in [0, 0.05) is 0 Å². The zero-order valence-corrected chi connectivity index (χ0v) is 18.1. The smallest absolute Gasteiger partial charge is 0.196 e. The highest BCUT2D eigenvalue weighted by Crippen LogP contribution is 2.25. The van der Waals surface area contributed by atoms with Gasteiger partial charge in [-0.15, -0.1) is 0 Å². The Kier molecular flexibility index (Phi) is 10.2. The first-order valence-electron chi connectivity index (χ1n) is 9.56. The van der Waals surface area contributed by atoms with Crippen LogP contribution in [0.3, 0.4) is 0 Å². The molecule has 0 aliphatic heterocycles. The molecule has 0 aliphatic carbocycles. The molecule has 142 valence electrons. The highest BCUT2D eigenvalue weighted by atomic mass is 31.1. The van der Waals surface area contributed by atoms with Crippen molar-refractivity contribution in [2.24, 2.45) is 0 Å². The van der Waals surface area contributed by atoms with Crippen LogP contribution in [0.15, 0.2) is 30.3 Å². The molecule has 26 heavy (non-hydrogen) atoms. The minimum Gasteiger partial charge on any atom is -0.492 e. The van der Waals surface area contributed by atoms with Gasteiger partial charge >= 0.3 is 0 Å². The van der Waals surface area contributed by atoms with Crippen LogP contribution < -0.4 is 10.0 Å². The topological polar surface area (TPSA) is 26.3 Å². The van der Waals surface area contributed by atoms with Gasteiger partial charge in [-0.25, -0.2) is 0 Å². The highest BCUT2D eigenvalue weighted by molar-refractivity contribution is 7.34. The van der Waals surface area contributed by atoms with Crippen LogP contribution in [0.25, 0.3) is 0 Å². The maximum absolute atomic E-state index is 11.1. The van der Waals surface area contributed by atoms with Crippen molar-refractivity contribution in [1.29, 1.82) is 0 Å². The van der Waals surface area contributed by atoms with Crippen LogP contribution in [-0.2, 0) is 11.0 Å². The Hall–Kier alpha value is -1.66. The molecule has 2 aromatic carbocycles. The largest absolute Gasteiger partial charge is 0.492 e. The van der Waals surface area contributed by atoms with Crippen LogP contribution in [0.4, 0.5) is 0 Å². The number of unbranched alkanes of at least 4 members (excludes halogenated alkanes) is 2. The summed E-state index contributed by atoms with van der Waals surface area (Å²) >= 11 is 0. The molecule has 3 heteroatoms. The zero-order valence-electron chi connectivity index (χ0n) is 17.2. The van der Waals surface area contributed by atoms with Crippen molar-refractivity contribution in [3.05, 3.63) is 58.1 Å². The summed E-state index contributed by atoms with van der Waals surface area (Å²) in [7, 11) is 0.0421. The second-order valence-electron chi connectivity index (χ2n) is 6.86. The molecule has 2 nitrogen and oxygen atoms in total. The minimum atomic E-state index is 0.0421. The van der Waals surface area contributed by atoms with Crippen molar-refractivity contribution in [1.82, 2.24) is 0 Å². The SMILES string of the molecule is CCCCCc1c(C)ccc(P=O)c1OCC.Cc1cc(C)cc(C)c1. The zero-order chi connectivity index (χ0) is 19.5. The maximum atomic E-state index is 11.1. The van der Waals surface area contributed by atoms with Crippen LogP contribution in [0.1, 0.15) is 60.9 Å². The summed E-state index contributed by atoms with van der Waals surface area (Å²) in [5.41, 5.74) is 6.52. The van der Waals surface area contributed by atoms with Crippen molar-refractivity contribution >= 4 is 13.8 Å². The third-order valence-electron chi connectivity index (χ3n) is 4.26. The Bertz CT molecular complexity index is 657. The van der Waals surface area contributed by atoms with E-state index in [9.17, 15) is 4.57 Å². The van der Waals surface area contributed by atoms with Gasteiger partial charge in [0.1, 0.15) is 5.75 Å². The average Bonchev–Trinajstić information content (AvgIpc) is 2.57. The van der Waals surface area contributed by atoms with E-state index in [1.807, 2.05) is 19.1 Å². The standard InChI is InChI=1S/C14H21O2P.C9H12/c1-4-6-7-8-12-11(3)9-10-13(17-15)14(12)16-5-2;1-7-4-8(2)6-9(3)5-7/h9-10H,4-8H2,1-3H3;4-6H,1-3H3. The molecule has 0 saturated heterocycles. The molecule has 0 fully saturated rings. The Morgan fingerprint density at radius 3 is 1.92 bits per heavy atom. The molecule has 0 spiro atoms. The molecule has 0 aliphatic rings. The molecular weight excluding hydrogens is 339 g/mol. The van der Waals surface area contributed by atoms with Gasteiger partial charge in [0.2, 0.25) is 0 Å². The van der Waals surface area contributed by atoms with Crippen molar-refractivity contribution in [3.63, 3.8) is 0 Å². The third kappa shape index (κ3) is 7.30. The van der Waals surface area contributed by atoms with E-state index in [0.29, 0.717) is 6.61 Å². The predicted octanol–water partition coefficient (Wildman–Crippen LogP) is 6.66. The minimum absolute atomic E-state index is 0.0421. The average molecular weight is 372 g/mol. The van der Waals surface area contributed by atoms with Gasteiger partial charge in [0.15, 0.2) is 8.46 Å². The molecule has 0 heterocycles. The van der Waals surface area contributed by atoms with Crippen LogP contribution in [-0.4, -0.2) is 6.61 Å². The first-order valence-corrected chi connectivity index (χ1v) is 10.4. The van der Waals surface area contributed by atoms with Crippen molar-refractivity contribution in [2.45, 2.75) is 67.2 Å². The molecule has 2 aromatic rings.